The summed E-state index contributed by atoms with van der Waals surface area (Å²) in [6.45, 7) is 4.48. The van der Waals surface area contributed by atoms with Gasteiger partial charge in [-0.05, 0) is 39.5 Å². The zero-order chi connectivity index (χ0) is 19.1. The fourth-order valence-corrected chi connectivity index (χ4v) is 4.52. The van der Waals surface area contributed by atoms with E-state index in [4.69, 9.17) is 18.3 Å². The third-order valence-corrected chi connectivity index (χ3v) is 6.15. The molecule has 1 heterocycles. The molecule has 1 fully saturated rings. The number of phosphoric acid groups is 1. The number of carbonyl (C=O) groups is 1. The third kappa shape index (κ3) is 11.3. The lowest BCUT2D eigenvalue weighted by molar-refractivity contribution is -0.144. The van der Waals surface area contributed by atoms with Crippen LogP contribution in [-0.4, -0.2) is 31.9 Å². The first-order valence-corrected chi connectivity index (χ1v) is 11.8. The van der Waals surface area contributed by atoms with Crippen molar-refractivity contribution in [2.45, 2.75) is 97.0 Å². The summed E-state index contributed by atoms with van der Waals surface area (Å²) in [6.07, 6.45) is 11.5. The highest BCUT2D eigenvalue weighted by Gasteiger charge is 2.29. The van der Waals surface area contributed by atoms with Gasteiger partial charge >= 0.3 is 13.8 Å². The molecule has 0 radical (unpaired) electrons. The number of phosphoric ester groups is 1. The number of carbonyl (C=O) groups excluding carboxylic acids is 1. The molecule has 0 aromatic heterocycles. The Balaban J connectivity index is 2.56. The minimum absolute atomic E-state index is 0.121. The number of esters is 1. The van der Waals surface area contributed by atoms with Gasteiger partial charge in [0.25, 0.3) is 0 Å². The molecule has 1 aliphatic heterocycles. The lowest BCUT2D eigenvalue weighted by Gasteiger charge is -2.23. The summed E-state index contributed by atoms with van der Waals surface area (Å²) in [5.74, 6) is -0.121. The van der Waals surface area contributed by atoms with Gasteiger partial charge in [-0.2, -0.15) is 0 Å². The molecule has 0 aromatic carbocycles. The van der Waals surface area contributed by atoms with Crippen LogP contribution in [0.5, 0.6) is 0 Å². The molecule has 6 nitrogen and oxygen atoms in total. The maximum absolute atomic E-state index is 12.6. The van der Waals surface area contributed by atoms with Gasteiger partial charge in [0, 0.05) is 6.42 Å². The first-order valence-electron chi connectivity index (χ1n) is 10.3. The fraction of sp³-hybridized carbons (Fsp3) is 0.947. The highest BCUT2D eigenvalue weighted by atomic mass is 31.2. The zero-order valence-electron chi connectivity index (χ0n) is 16.6. The summed E-state index contributed by atoms with van der Waals surface area (Å²) < 4.78 is 34.2. The monoisotopic (exact) mass is 392 g/mol. The van der Waals surface area contributed by atoms with Crippen LogP contribution in [0.4, 0.5) is 0 Å². The Morgan fingerprint density at radius 3 is 2.04 bits per heavy atom. The molecule has 1 unspecified atom stereocenters. The quantitative estimate of drug-likeness (QED) is 0.421. The molecular weight excluding hydrogens is 355 g/mol. The standard InChI is InChI=1S/C19H37O6P/c1-3-23-26(21,24-4-2)25-18-14-11-9-7-5-6-8-10-12-16-19(20)22-17-13-15-18/h18H,3-17H2,1-2H3. The minimum Gasteiger partial charge on any atom is -0.466 e. The van der Waals surface area contributed by atoms with Crippen molar-refractivity contribution in [3.8, 4) is 0 Å². The fourth-order valence-electron chi connectivity index (χ4n) is 3.12. The maximum atomic E-state index is 12.6. The van der Waals surface area contributed by atoms with Gasteiger partial charge in [-0.1, -0.05) is 44.9 Å². The molecule has 1 atom stereocenters. The molecule has 0 spiro atoms. The van der Waals surface area contributed by atoms with Crippen molar-refractivity contribution in [3.63, 3.8) is 0 Å². The van der Waals surface area contributed by atoms with Crippen LogP contribution >= 0.6 is 7.82 Å². The van der Waals surface area contributed by atoms with Crippen molar-refractivity contribution >= 4 is 13.8 Å². The normalized spacial score (nSPS) is 22.7. The number of hydrogen-bond acceptors (Lipinski definition) is 6. The second kappa shape index (κ2) is 14.6. The molecule has 1 aliphatic rings. The van der Waals surface area contributed by atoms with E-state index in [1.54, 1.807) is 13.8 Å². The summed E-state index contributed by atoms with van der Waals surface area (Å²) in [5.41, 5.74) is 0. The van der Waals surface area contributed by atoms with Crippen molar-refractivity contribution in [1.29, 1.82) is 0 Å². The van der Waals surface area contributed by atoms with Crippen LogP contribution in [0.3, 0.4) is 0 Å². The Morgan fingerprint density at radius 1 is 0.885 bits per heavy atom. The molecule has 0 bridgehead atoms. The van der Waals surface area contributed by atoms with E-state index in [2.05, 4.69) is 0 Å². The molecule has 26 heavy (non-hydrogen) atoms. The second-order valence-electron chi connectivity index (χ2n) is 6.74. The zero-order valence-corrected chi connectivity index (χ0v) is 17.5. The van der Waals surface area contributed by atoms with Gasteiger partial charge in [-0.25, -0.2) is 4.57 Å². The average molecular weight is 392 g/mol. The minimum atomic E-state index is -3.51. The van der Waals surface area contributed by atoms with E-state index in [1.807, 2.05) is 0 Å². The predicted octanol–water partition coefficient (Wildman–Crippen LogP) is 5.79. The van der Waals surface area contributed by atoms with Gasteiger partial charge in [0.05, 0.1) is 25.9 Å². The molecule has 154 valence electrons. The van der Waals surface area contributed by atoms with Gasteiger partial charge in [-0.3, -0.25) is 18.4 Å². The Labute approximate surface area is 158 Å². The molecule has 0 aromatic rings. The summed E-state index contributed by atoms with van der Waals surface area (Å²) in [4.78, 5) is 11.7. The predicted molar refractivity (Wildman–Crippen MR) is 102 cm³/mol. The SMILES string of the molecule is CCOP(=O)(OCC)OC1CCCCCCCCCCC(=O)OCCC1. The highest BCUT2D eigenvalue weighted by molar-refractivity contribution is 7.48. The number of ether oxygens (including phenoxy) is 1. The van der Waals surface area contributed by atoms with E-state index in [-0.39, 0.29) is 25.3 Å². The molecular formula is C19H37O6P. The first kappa shape index (κ1) is 23.6. The molecule has 0 amide bonds. The summed E-state index contributed by atoms with van der Waals surface area (Å²) >= 11 is 0. The van der Waals surface area contributed by atoms with Crippen LogP contribution in [0.1, 0.15) is 90.9 Å². The van der Waals surface area contributed by atoms with Crippen molar-refractivity contribution in [2.75, 3.05) is 19.8 Å². The number of rotatable bonds is 6. The maximum Gasteiger partial charge on any atom is 0.475 e. The van der Waals surface area contributed by atoms with Gasteiger partial charge < -0.3 is 4.74 Å². The van der Waals surface area contributed by atoms with E-state index in [0.29, 0.717) is 25.9 Å². The van der Waals surface area contributed by atoms with Crippen LogP contribution < -0.4 is 0 Å². The largest absolute Gasteiger partial charge is 0.475 e. The second-order valence-corrected chi connectivity index (χ2v) is 8.36. The Kier molecular flexibility index (Phi) is 13.3. The van der Waals surface area contributed by atoms with Gasteiger partial charge in [0.15, 0.2) is 0 Å². The van der Waals surface area contributed by atoms with Crippen molar-refractivity contribution in [1.82, 2.24) is 0 Å². The Hall–Kier alpha value is -0.420. The van der Waals surface area contributed by atoms with Crippen LogP contribution in [0.25, 0.3) is 0 Å². The van der Waals surface area contributed by atoms with E-state index in [9.17, 15) is 9.36 Å². The third-order valence-electron chi connectivity index (χ3n) is 4.44. The lowest BCUT2D eigenvalue weighted by atomic mass is 10.0. The van der Waals surface area contributed by atoms with Crippen molar-refractivity contribution < 1.29 is 27.7 Å². The Morgan fingerprint density at radius 2 is 1.42 bits per heavy atom. The molecule has 0 saturated carbocycles. The molecule has 1 saturated heterocycles. The summed E-state index contributed by atoms with van der Waals surface area (Å²) in [7, 11) is -3.51. The van der Waals surface area contributed by atoms with Gasteiger partial charge in [0.1, 0.15) is 0 Å². The van der Waals surface area contributed by atoms with Crippen LogP contribution in [0, 0.1) is 0 Å². The van der Waals surface area contributed by atoms with E-state index in [0.717, 1.165) is 32.1 Å². The van der Waals surface area contributed by atoms with E-state index < -0.39 is 7.82 Å². The van der Waals surface area contributed by atoms with Gasteiger partial charge in [0.2, 0.25) is 0 Å². The van der Waals surface area contributed by atoms with Crippen molar-refractivity contribution in [2.24, 2.45) is 0 Å². The Bertz CT molecular complexity index is 405. The topological polar surface area (TPSA) is 71.1 Å². The van der Waals surface area contributed by atoms with Crippen molar-refractivity contribution in [3.05, 3.63) is 0 Å². The molecule has 0 N–H and O–H groups in total. The van der Waals surface area contributed by atoms with Gasteiger partial charge in [-0.15, -0.1) is 0 Å². The average Bonchev–Trinajstić information content (AvgIpc) is 2.59. The lowest BCUT2D eigenvalue weighted by Crippen LogP contribution is -2.16. The number of cyclic esters (lactones) is 1. The number of hydrogen-bond donors (Lipinski definition) is 0. The molecule has 7 heteroatoms. The first-order chi connectivity index (χ1) is 12.6. The summed E-state index contributed by atoms with van der Waals surface area (Å²) in [5, 5.41) is 0. The highest BCUT2D eigenvalue weighted by Crippen LogP contribution is 2.51. The summed E-state index contributed by atoms with van der Waals surface area (Å²) in [6, 6.07) is 0. The van der Waals surface area contributed by atoms with E-state index >= 15 is 0 Å². The van der Waals surface area contributed by atoms with Crippen LogP contribution in [-0.2, 0) is 27.7 Å². The molecule has 1 rings (SSSR count). The molecule has 0 aliphatic carbocycles. The van der Waals surface area contributed by atoms with E-state index in [1.165, 1.54) is 25.7 Å². The smallest absolute Gasteiger partial charge is 0.466 e. The van der Waals surface area contributed by atoms with Crippen LogP contribution in [0.2, 0.25) is 0 Å². The van der Waals surface area contributed by atoms with Crippen LogP contribution in [0.15, 0.2) is 0 Å².